The highest BCUT2D eigenvalue weighted by atomic mass is 16.4. The first kappa shape index (κ1) is 55.6. The van der Waals surface area contributed by atoms with E-state index in [4.69, 9.17) is 45.2 Å². The molecular formula is C35H87N7O2. The molecule has 2 fully saturated rings. The highest BCUT2D eigenvalue weighted by molar-refractivity contribution is 5.70. The molecule has 2 saturated carbocycles. The van der Waals surface area contributed by atoms with Crippen LogP contribution in [0.15, 0.2) is 0 Å². The van der Waals surface area contributed by atoms with Gasteiger partial charge >= 0.3 is 5.97 Å². The van der Waals surface area contributed by atoms with E-state index in [1.54, 1.807) is 0 Å². The molecule has 3 unspecified atom stereocenters. The monoisotopic (exact) mass is 638 g/mol. The zero-order valence-corrected chi connectivity index (χ0v) is 32.7. The molecule has 9 nitrogen and oxygen atoms in total. The highest BCUT2D eigenvalue weighted by Crippen LogP contribution is 2.27. The van der Waals surface area contributed by atoms with Crippen molar-refractivity contribution in [3.63, 3.8) is 0 Å². The first-order chi connectivity index (χ1) is 19.5. The predicted molar refractivity (Wildman–Crippen MR) is 200 cm³/mol. The van der Waals surface area contributed by atoms with Crippen LogP contribution in [0.4, 0.5) is 0 Å². The Hall–Kier alpha value is -0.810. The number of hydrogen-bond acceptors (Lipinski definition) is 8. The molecule has 15 N–H and O–H groups in total. The lowest BCUT2D eigenvalue weighted by Gasteiger charge is -2.33. The van der Waals surface area contributed by atoms with Crippen LogP contribution in [0.1, 0.15) is 162 Å². The predicted octanol–water partition coefficient (Wildman–Crippen LogP) is 6.32. The molecule has 0 spiro atoms. The van der Waals surface area contributed by atoms with Gasteiger partial charge in [0.05, 0.1) is 5.92 Å². The molecule has 0 saturated heterocycles. The minimum Gasteiger partial charge on any atom is -0.481 e. The van der Waals surface area contributed by atoms with E-state index in [9.17, 15) is 4.79 Å². The molecule has 0 radical (unpaired) electrons. The Morgan fingerprint density at radius 2 is 1.00 bits per heavy atom. The summed E-state index contributed by atoms with van der Waals surface area (Å²) in [5, 5.41) is 8.23. The smallest absolute Gasteiger partial charge is 0.306 e. The van der Waals surface area contributed by atoms with E-state index in [0.29, 0.717) is 30.1 Å². The van der Waals surface area contributed by atoms with Gasteiger partial charge in [-0.2, -0.15) is 0 Å². The van der Waals surface area contributed by atoms with Crippen LogP contribution in [0.25, 0.3) is 0 Å². The van der Waals surface area contributed by atoms with E-state index in [1.165, 1.54) is 19.3 Å². The Kier molecular flexibility index (Phi) is 40.6. The van der Waals surface area contributed by atoms with E-state index < -0.39 is 5.97 Å². The van der Waals surface area contributed by atoms with E-state index in [-0.39, 0.29) is 22.4 Å². The first-order valence-corrected chi connectivity index (χ1v) is 17.0. The number of nitrogens with two attached hydrogens (primary N) is 7. The van der Waals surface area contributed by atoms with E-state index in [1.807, 2.05) is 55.4 Å². The van der Waals surface area contributed by atoms with Crippen LogP contribution in [0.3, 0.4) is 0 Å². The largest absolute Gasteiger partial charge is 0.481 e. The Balaban J connectivity index is -0.0000000945. The fourth-order valence-corrected chi connectivity index (χ4v) is 1.39. The van der Waals surface area contributed by atoms with Crippen molar-refractivity contribution in [3.8, 4) is 0 Å². The Bertz CT molecular complexity index is 543. The van der Waals surface area contributed by atoms with Crippen LogP contribution in [0, 0.1) is 17.3 Å². The average Bonchev–Trinajstić information content (AvgIpc) is 2.76. The summed E-state index contributed by atoms with van der Waals surface area (Å²) in [5.74, 6) is 0.0428. The number of carbonyl (C=O) groups is 1. The normalized spacial score (nSPS) is 16.7. The van der Waals surface area contributed by atoms with Gasteiger partial charge in [-0.3, -0.25) is 4.79 Å². The van der Waals surface area contributed by atoms with Gasteiger partial charge in [0.2, 0.25) is 0 Å². The summed E-state index contributed by atoms with van der Waals surface area (Å²) in [5.41, 5.74) is 37.9. The molecule has 9 heteroatoms. The second-order valence-corrected chi connectivity index (χ2v) is 15.6. The van der Waals surface area contributed by atoms with Gasteiger partial charge in [-0.25, -0.2) is 0 Å². The quantitative estimate of drug-likeness (QED) is 0.172. The SMILES string of the molecule is CC(C)(C)N.CC(C)CN.CC(C)N.CC(N)C(C)(C)C.CC1(N)CCC1.CCC(C)N.CCC(C)N.O=C(O)C1CCC1. The molecule has 2 aliphatic rings. The molecule has 0 aromatic rings. The lowest BCUT2D eigenvalue weighted by atomic mass is 9.80. The molecule has 0 aromatic heterocycles. The lowest BCUT2D eigenvalue weighted by molar-refractivity contribution is -0.144. The average molecular weight is 638 g/mol. The summed E-state index contributed by atoms with van der Waals surface area (Å²) in [4.78, 5) is 9.98. The first-order valence-electron chi connectivity index (χ1n) is 17.0. The van der Waals surface area contributed by atoms with Crippen molar-refractivity contribution in [1.82, 2.24) is 0 Å². The maximum Gasteiger partial charge on any atom is 0.306 e. The maximum atomic E-state index is 9.98. The van der Waals surface area contributed by atoms with Gasteiger partial charge in [0, 0.05) is 29.2 Å². The second-order valence-electron chi connectivity index (χ2n) is 15.6. The van der Waals surface area contributed by atoms with Crippen molar-refractivity contribution >= 4 is 5.97 Å². The topological polar surface area (TPSA) is 219 Å². The minimum atomic E-state index is -0.619. The Morgan fingerprint density at radius 1 is 0.795 bits per heavy atom. The molecule has 2 rings (SSSR count). The Morgan fingerprint density at radius 3 is 1.00 bits per heavy atom. The fraction of sp³-hybridized carbons (Fsp3) is 0.971. The van der Waals surface area contributed by atoms with Crippen molar-refractivity contribution in [2.45, 2.75) is 197 Å². The fourth-order valence-electron chi connectivity index (χ4n) is 1.39. The van der Waals surface area contributed by atoms with Gasteiger partial charge in [0.25, 0.3) is 0 Å². The van der Waals surface area contributed by atoms with Crippen LogP contribution in [0.5, 0.6) is 0 Å². The van der Waals surface area contributed by atoms with Crippen molar-refractivity contribution in [2.75, 3.05) is 6.54 Å². The minimum absolute atomic E-state index is 0. The Labute approximate surface area is 277 Å². The number of carboxylic acid groups (broad SMARTS) is 1. The molecule has 0 aliphatic heterocycles. The molecular weight excluding hydrogens is 550 g/mol. The standard InChI is InChI=1S/C6H15N.C5H11N.C5H8O2.4C4H11N.C3H9N/c1-5(7)6(2,3)4;1-5(6)3-2-4-5;6-5(7)4-2-1-3-4;1-4(2,3)5;1-4(2)3-5;2*1-3-4(2)5;1-3(2)4/h5H,7H2,1-4H3;2-4,6H2,1H3;4H,1-3H2,(H,6,7);5H2,1-3H3;3*4H,3,5H2,1-2H3;3H,4H2,1-2H3. The third-order valence-electron chi connectivity index (χ3n) is 6.08. The number of carboxylic acids is 1. The number of aliphatic carboxylic acids is 1. The zero-order chi connectivity index (χ0) is 36.9. The summed E-state index contributed by atoms with van der Waals surface area (Å²) in [6, 6.07) is 1.40. The third-order valence-corrected chi connectivity index (χ3v) is 6.08. The molecule has 0 amide bonds. The van der Waals surface area contributed by atoms with Crippen molar-refractivity contribution in [2.24, 2.45) is 57.4 Å². The summed E-state index contributed by atoms with van der Waals surface area (Å²) in [7, 11) is 0. The van der Waals surface area contributed by atoms with Crippen molar-refractivity contribution in [1.29, 1.82) is 0 Å². The van der Waals surface area contributed by atoms with Crippen molar-refractivity contribution in [3.05, 3.63) is 0 Å². The summed E-state index contributed by atoms with van der Waals surface area (Å²) >= 11 is 0. The molecule has 44 heavy (non-hydrogen) atoms. The van der Waals surface area contributed by atoms with Gasteiger partial charge in [-0.1, -0.05) is 68.7 Å². The van der Waals surface area contributed by atoms with Crippen LogP contribution in [0.2, 0.25) is 0 Å². The molecule has 0 aromatic carbocycles. The van der Waals surface area contributed by atoms with Crippen LogP contribution in [-0.4, -0.2) is 52.9 Å². The number of rotatable bonds is 4. The summed E-state index contributed by atoms with van der Waals surface area (Å²) in [6.45, 7) is 33.5. The zero-order valence-electron chi connectivity index (χ0n) is 32.7. The van der Waals surface area contributed by atoms with E-state index in [2.05, 4.69) is 55.4 Å². The van der Waals surface area contributed by atoms with Gasteiger partial charge in [-0.15, -0.1) is 0 Å². The highest BCUT2D eigenvalue weighted by Gasteiger charge is 2.25. The summed E-state index contributed by atoms with van der Waals surface area (Å²) < 4.78 is 0. The van der Waals surface area contributed by atoms with Gasteiger partial charge in [0.15, 0.2) is 0 Å². The second kappa shape index (κ2) is 32.1. The number of hydrogen-bond donors (Lipinski definition) is 8. The summed E-state index contributed by atoms with van der Waals surface area (Å²) in [6.07, 6.45) is 8.87. The van der Waals surface area contributed by atoms with Gasteiger partial charge in [-0.05, 0) is 117 Å². The molecule has 3 atom stereocenters. The molecule has 274 valence electrons. The molecule has 0 bridgehead atoms. The third kappa shape index (κ3) is 78.1. The maximum absolute atomic E-state index is 9.98. The lowest BCUT2D eigenvalue weighted by Crippen LogP contribution is -2.42. The van der Waals surface area contributed by atoms with E-state index in [0.717, 1.165) is 38.6 Å². The van der Waals surface area contributed by atoms with Crippen LogP contribution >= 0.6 is 0 Å². The van der Waals surface area contributed by atoms with Crippen molar-refractivity contribution < 1.29 is 9.90 Å². The van der Waals surface area contributed by atoms with Gasteiger partial charge < -0.3 is 45.2 Å². The molecule has 0 heterocycles. The van der Waals surface area contributed by atoms with Crippen LogP contribution < -0.4 is 40.1 Å². The van der Waals surface area contributed by atoms with Crippen LogP contribution in [-0.2, 0) is 4.79 Å². The molecule has 2 aliphatic carbocycles. The van der Waals surface area contributed by atoms with E-state index >= 15 is 0 Å². The van der Waals surface area contributed by atoms with Gasteiger partial charge in [0.1, 0.15) is 0 Å².